The van der Waals surface area contributed by atoms with Crippen LogP contribution < -0.4 is 5.32 Å². The van der Waals surface area contributed by atoms with E-state index < -0.39 is 0 Å². The largest absolute Gasteiger partial charge is 0.331 e. The van der Waals surface area contributed by atoms with Crippen LogP contribution in [0.15, 0.2) is 30.5 Å². The lowest BCUT2D eigenvalue weighted by Gasteiger charge is -2.21. The van der Waals surface area contributed by atoms with E-state index in [1.807, 2.05) is 41.8 Å². The maximum Gasteiger partial charge on any atom is 0.318 e. The maximum absolute atomic E-state index is 12.6. The minimum Gasteiger partial charge on any atom is -0.331 e. The second-order valence-electron chi connectivity index (χ2n) is 7.58. The van der Waals surface area contributed by atoms with E-state index in [1.165, 1.54) is 11.1 Å². The average Bonchev–Trinajstić information content (AvgIpc) is 3.09. The summed E-state index contributed by atoms with van der Waals surface area (Å²) in [6.07, 6.45) is 2.04. The molecule has 5 nitrogen and oxygen atoms in total. The number of carbonyl (C=O) groups is 1. The average molecular weight is 326 g/mol. The quantitative estimate of drug-likeness (QED) is 0.914. The first-order valence-electron chi connectivity index (χ1n) is 8.44. The van der Waals surface area contributed by atoms with Gasteiger partial charge in [0.1, 0.15) is 0 Å². The highest BCUT2D eigenvalue weighted by atomic mass is 16.2. The summed E-state index contributed by atoms with van der Waals surface area (Å²) in [6, 6.07) is 8.12. The first-order valence-corrected chi connectivity index (χ1v) is 8.44. The van der Waals surface area contributed by atoms with Gasteiger partial charge in [-0.3, -0.25) is 4.68 Å². The minimum absolute atomic E-state index is 0.0263. The molecule has 1 aromatic carbocycles. The SMILES string of the molecule is Cc1nn(C(C)(C)C)cc1C(C)NC(=O)N1Cc2ccccc2C1. The van der Waals surface area contributed by atoms with Crippen LogP contribution in [0.25, 0.3) is 0 Å². The molecule has 0 bridgehead atoms. The first kappa shape index (κ1) is 16.6. The second-order valence-corrected chi connectivity index (χ2v) is 7.58. The van der Waals surface area contributed by atoms with Crippen LogP contribution in [0.4, 0.5) is 4.79 Å². The highest BCUT2D eigenvalue weighted by Gasteiger charge is 2.25. The van der Waals surface area contributed by atoms with Crippen LogP contribution in [-0.2, 0) is 18.6 Å². The van der Waals surface area contributed by atoms with Crippen LogP contribution in [0.2, 0.25) is 0 Å². The number of nitrogens with zero attached hydrogens (tertiary/aromatic N) is 3. The molecule has 0 saturated carbocycles. The fraction of sp³-hybridized carbons (Fsp3) is 0.474. The number of urea groups is 1. The summed E-state index contributed by atoms with van der Waals surface area (Å²) in [5.41, 5.74) is 4.43. The van der Waals surface area contributed by atoms with Crippen molar-refractivity contribution in [3.05, 3.63) is 52.8 Å². The van der Waals surface area contributed by atoms with Crippen molar-refractivity contribution in [3.8, 4) is 0 Å². The molecular weight excluding hydrogens is 300 g/mol. The van der Waals surface area contributed by atoms with Crippen molar-refractivity contribution < 1.29 is 4.79 Å². The molecule has 0 fully saturated rings. The lowest BCUT2D eigenvalue weighted by molar-refractivity contribution is 0.195. The Hall–Kier alpha value is -2.30. The van der Waals surface area contributed by atoms with E-state index >= 15 is 0 Å². The summed E-state index contributed by atoms with van der Waals surface area (Å²) < 4.78 is 1.96. The van der Waals surface area contributed by atoms with Crippen LogP contribution in [0.5, 0.6) is 0 Å². The van der Waals surface area contributed by atoms with Crippen LogP contribution in [0.3, 0.4) is 0 Å². The summed E-state index contributed by atoms with van der Waals surface area (Å²) in [5, 5.41) is 7.70. The van der Waals surface area contributed by atoms with Gasteiger partial charge in [0.05, 0.1) is 17.3 Å². The Kier molecular flexibility index (Phi) is 4.11. The molecule has 0 spiro atoms. The third-order valence-corrected chi connectivity index (χ3v) is 4.56. The molecule has 0 radical (unpaired) electrons. The van der Waals surface area contributed by atoms with E-state index in [0.717, 1.165) is 11.3 Å². The molecular formula is C19H26N4O. The lowest BCUT2D eigenvalue weighted by atomic mass is 10.1. The number of aryl methyl sites for hydroxylation is 1. The van der Waals surface area contributed by atoms with Gasteiger partial charge in [0.15, 0.2) is 0 Å². The highest BCUT2D eigenvalue weighted by Crippen LogP contribution is 2.24. The van der Waals surface area contributed by atoms with Crippen molar-refractivity contribution in [2.24, 2.45) is 0 Å². The topological polar surface area (TPSA) is 50.2 Å². The Balaban J connectivity index is 1.69. The van der Waals surface area contributed by atoms with Crippen molar-refractivity contribution >= 4 is 6.03 Å². The van der Waals surface area contributed by atoms with Gasteiger partial charge in [-0.25, -0.2) is 4.79 Å². The minimum atomic E-state index is -0.0719. The van der Waals surface area contributed by atoms with Gasteiger partial charge in [-0.15, -0.1) is 0 Å². The number of carbonyl (C=O) groups excluding carboxylic acids is 1. The Morgan fingerprint density at radius 3 is 2.29 bits per heavy atom. The third-order valence-electron chi connectivity index (χ3n) is 4.56. The van der Waals surface area contributed by atoms with Crippen molar-refractivity contribution in [1.82, 2.24) is 20.0 Å². The lowest BCUT2D eigenvalue weighted by Crippen LogP contribution is -2.38. The number of hydrogen-bond acceptors (Lipinski definition) is 2. The second kappa shape index (κ2) is 5.96. The van der Waals surface area contributed by atoms with Gasteiger partial charge in [0.25, 0.3) is 0 Å². The number of benzene rings is 1. The van der Waals surface area contributed by atoms with Crippen LogP contribution >= 0.6 is 0 Å². The fourth-order valence-corrected chi connectivity index (χ4v) is 3.07. The molecule has 1 atom stereocenters. The zero-order valence-corrected chi connectivity index (χ0v) is 15.1. The zero-order valence-electron chi connectivity index (χ0n) is 15.1. The van der Waals surface area contributed by atoms with E-state index in [2.05, 4.69) is 43.3 Å². The smallest absolute Gasteiger partial charge is 0.318 e. The molecule has 1 aliphatic rings. The molecule has 5 heteroatoms. The number of nitrogens with one attached hydrogen (secondary N) is 1. The van der Waals surface area contributed by atoms with E-state index in [4.69, 9.17) is 0 Å². The summed E-state index contributed by atoms with van der Waals surface area (Å²) >= 11 is 0. The third kappa shape index (κ3) is 3.16. The van der Waals surface area contributed by atoms with E-state index in [-0.39, 0.29) is 17.6 Å². The molecule has 2 aromatic rings. The monoisotopic (exact) mass is 326 g/mol. The number of amides is 2. The number of hydrogen-bond donors (Lipinski definition) is 1. The van der Waals surface area contributed by atoms with Gasteiger partial charge in [0.2, 0.25) is 0 Å². The normalized spacial score (nSPS) is 15.3. The summed E-state index contributed by atoms with van der Waals surface area (Å²) in [4.78, 5) is 14.5. The molecule has 0 aliphatic carbocycles. The Labute approximate surface area is 143 Å². The van der Waals surface area contributed by atoms with Gasteiger partial charge in [0, 0.05) is 24.8 Å². The molecule has 2 heterocycles. The zero-order chi connectivity index (χ0) is 17.5. The maximum atomic E-state index is 12.6. The van der Waals surface area contributed by atoms with Crippen molar-refractivity contribution in [3.63, 3.8) is 0 Å². The summed E-state index contributed by atoms with van der Waals surface area (Å²) in [7, 11) is 0. The van der Waals surface area contributed by atoms with Crippen LogP contribution in [0.1, 0.15) is 56.1 Å². The Bertz CT molecular complexity index is 732. The van der Waals surface area contributed by atoms with Crippen molar-refractivity contribution in [2.45, 2.75) is 59.3 Å². The summed E-state index contributed by atoms with van der Waals surface area (Å²) in [5.74, 6) is 0. The van der Waals surface area contributed by atoms with Crippen LogP contribution in [-0.4, -0.2) is 20.7 Å². The predicted octanol–water partition coefficient (Wildman–Crippen LogP) is 3.73. The van der Waals surface area contributed by atoms with Crippen molar-refractivity contribution in [1.29, 1.82) is 0 Å². The molecule has 24 heavy (non-hydrogen) atoms. The molecule has 2 amide bonds. The van der Waals surface area contributed by atoms with Crippen LogP contribution in [0, 0.1) is 6.92 Å². The van der Waals surface area contributed by atoms with Gasteiger partial charge in [-0.1, -0.05) is 24.3 Å². The molecule has 1 N–H and O–H groups in total. The van der Waals surface area contributed by atoms with Gasteiger partial charge < -0.3 is 10.2 Å². The highest BCUT2D eigenvalue weighted by molar-refractivity contribution is 5.75. The van der Waals surface area contributed by atoms with Gasteiger partial charge >= 0.3 is 6.03 Å². The number of fused-ring (bicyclic) bond motifs is 1. The molecule has 1 aromatic heterocycles. The molecule has 1 unspecified atom stereocenters. The van der Waals surface area contributed by atoms with E-state index in [1.54, 1.807) is 0 Å². The van der Waals surface area contributed by atoms with Gasteiger partial charge in [-0.05, 0) is 45.7 Å². The first-order chi connectivity index (χ1) is 11.3. The standard InChI is InChI=1S/C19H26N4O/c1-13(17-12-23(19(3,4)5)21-14(17)2)20-18(24)22-10-15-8-6-7-9-16(15)11-22/h6-9,12-13H,10-11H2,1-5H3,(H,20,24). The van der Waals surface area contributed by atoms with Gasteiger partial charge in [-0.2, -0.15) is 5.10 Å². The Morgan fingerprint density at radius 2 is 1.79 bits per heavy atom. The number of aromatic nitrogens is 2. The van der Waals surface area contributed by atoms with Crippen molar-refractivity contribution in [2.75, 3.05) is 0 Å². The summed E-state index contributed by atoms with van der Waals surface area (Å²) in [6.45, 7) is 11.7. The fourth-order valence-electron chi connectivity index (χ4n) is 3.07. The molecule has 0 saturated heterocycles. The molecule has 128 valence electrons. The van der Waals surface area contributed by atoms with E-state index in [9.17, 15) is 4.79 Å². The predicted molar refractivity (Wildman–Crippen MR) is 94.6 cm³/mol. The Morgan fingerprint density at radius 1 is 1.21 bits per heavy atom. The number of rotatable bonds is 2. The molecule has 1 aliphatic heterocycles. The van der Waals surface area contributed by atoms with E-state index in [0.29, 0.717) is 13.1 Å². The molecule has 3 rings (SSSR count).